The predicted molar refractivity (Wildman–Crippen MR) is 124 cm³/mol. The lowest BCUT2D eigenvalue weighted by atomic mass is 10.1. The molecule has 0 unspecified atom stereocenters. The molecule has 3 rings (SSSR count). The molecule has 0 spiro atoms. The zero-order valence-corrected chi connectivity index (χ0v) is 19.3. The van der Waals surface area contributed by atoms with Crippen LogP contribution in [0.25, 0.3) is 0 Å². The zero-order chi connectivity index (χ0) is 22.2. The molecule has 1 heterocycles. The maximum absolute atomic E-state index is 13.3. The standard InChI is InChI=1S/C26H37N3O2/c1-4-5-15-28(25(30)17-21(2)3)20-26(31)29(23-13-14-23)19-24-12-9-16-27(24)18-22-10-7-6-8-11-22/h6-12,16,21,23H,4-5,13-15,17-20H2,1-3H3. The Kier molecular flexibility index (Phi) is 8.33. The number of unbranched alkanes of at least 4 members (excludes halogenated alkanes) is 1. The summed E-state index contributed by atoms with van der Waals surface area (Å²) in [6.07, 6.45) is 6.64. The van der Waals surface area contributed by atoms with Crippen LogP contribution in [0.15, 0.2) is 48.7 Å². The quantitative estimate of drug-likeness (QED) is 0.497. The molecule has 1 saturated carbocycles. The van der Waals surface area contributed by atoms with Gasteiger partial charge < -0.3 is 14.4 Å². The van der Waals surface area contributed by atoms with Gasteiger partial charge in [0.05, 0.1) is 13.1 Å². The molecule has 5 heteroatoms. The van der Waals surface area contributed by atoms with Gasteiger partial charge >= 0.3 is 0 Å². The van der Waals surface area contributed by atoms with Crippen LogP contribution in [-0.4, -0.2) is 45.3 Å². The Hall–Kier alpha value is -2.56. The predicted octanol–water partition coefficient (Wildman–Crippen LogP) is 4.70. The van der Waals surface area contributed by atoms with Crippen molar-refractivity contribution in [1.82, 2.24) is 14.4 Å². The van der Waals surface area contributed by atoms with Crippen LogP contribution in [0.4, 0.5) is 0 Å². The highest BCUT2D eigenvalue weighted by molar-refractivity contribution is 5.85. The Bertz CT molecular complexity index is 839. The summed E-state index contributed by atoms with van der Waals surface area (Å²) in [6.45, 7) is 8.47. The summed E-state index contributed by atoms with van der Waals surface area (Å²) < 4.78 is 2.22. The molecular weight excluding hydrogens is 386 g/mol. The summed E-state index contributed by atoms with van der Waals surface area (Å²) >= 11 is 0. The van der Waals surface area contributed by atoms with E-state index in [0.29, 0.717) is 31.5 Å². The van der Waals surface area contributed by atoms with E-state index in [1.165, 1.54) is 5.56 Å². The van der Waals surface area contributed by atoms with Crippen molar-refractivity contribution in [3.8, 4) is 0 Å². The normalized spacial score (nSPS) is 13.4. The van der Waals surface area contributed by atoms with Crippen molar-refractivity contribution in [1.29, 1.82) is 0 Å². The molecule has 0 aliphatic heterocycles. The molecule has 2 aromatic rings. The van der Waals surface area contributed by atoms with E-state index in [1.54, 1.807) is 4.90 Å². The SMILES string of the molecule is CCCCN(CC(=O)N(Cc1cccn1Cc1ccccc1)C1CC1)C(=O)CC(C)C. The van der Waals surface area contributed by atoms with Crippen LogP contribution in [-0.2, 0) is 22.7 Å². The van der Waals surface area contributed by atoms with Crippen molar-refractivity contribution < 1.29 is 9.59 Å². The van der Waals surface area contributed by atoms with Crippen molar-refractivity contribution >= 4 is 11.8 Å². The van der Waals surface area contributed by atoms with Gasteiger partial charge in [-0.05, 0) is 42.9 Å². The second-order valence-corrected chi connectivity index (χ2v) is 9.13. The van der Waals surface area contributed by atoms with E-state index >= 15 is 0 Å². The summed E-state index contributed by atoms with van der Waals surface area (Å²) in [5, 5.41) is 0. The third-order valence-electron chi connectivity index (χ3n) is 5.80. The minimum atomic E-state index is 0.0724. The molecule has 31 heavy (non-hydrogen) atoms. The van der Waals surface area contributed by atoms with Gasteiger partial charge in [0.15, 0.2) is 0 Å². The van der Waals surface area contributed by atoms with Gasteiger partial charge in [-0.1, -0.05) is 57.5 Å². The van der Waals surface area contributed by atoms with Gasteiger partial charge in [-0.25, -0.2) is 0 Å². The lowest BCUT2D eigenvalue weighted by molar-refractivity contribution is -0.141. The molecule has 5 nitrogen and oxygen atoms in total. The molecule has 1 aromatic heterocycles. The van der Waals surface area contributed by atoms with Gasteiger partial charge in [0.2, 0.25) is 11.8 Å². The van der Waals surface area contributed by atoms with Crippen molar-refractivity contribution in [3.63, 3.8) is 0 Å². The Morgan fingerprint density at radius 3 is 2.45 bits per heavy atom. The first-order chi connectivity index (χ1) is 15.0. The molecule has 1 fully saturated rings. The average molecular weight is 424 g/mol. The molecular formula is C26H37N3O2. The smallest absolute Gasteiger partial charge is 0.242 e. The Labute approximate surface area is 187 Å². The van der Waals surface area contributed by atoms with E-state index in [9.17, 15) is 9.59 Å². The van der Waals surface area contributed by atoms with Crippen LogP contribution < -0.4 is 0 Å². The highest BCUT2D eigenvalue weighted by Crippen LogP contribution is 2.29. The van der Waals surface area contributed by atoms with Gasteiger partial charge in [0.1, 0.15) is 0 Å². The molecule has 0 N–H and O–H groups in total. The van der Waals surface area contributed by atoms with Crippen molar-refractivity contribution in [2.75, 3.05) is 13.1 Å². The van der Waals surface area contributed by atoms with E-state index in [2.05, 4.69) is 61.9 Å². The van der Waals surface area contributed by atoms with Crippen LogP contribution in [0.1, 0.15) is 64.1 Å². The zero-order valence-electron chi connectivity index (χ0n) is 19.3. The first-order valence-corrected chi connectivity index (χ1v) is 11.7. The number of carbonyl (C=O) groups is 2. The minimum absolute atomic E-state index is 0.0724. The molecule has 0 saturated heterocycles. The van der Waals surface area contributed by atoms with Crippen LogP contribution in [0.2, 0.25) is 0 Å². The molecule has 2 amide bonds. The molecule has 1 aliphatic rings. The Morgan fingerprint density at radius 2 is 1.81 bits per heavy atom. The number of benzene rings is 1. The number of hydrogen-bond donors (Lipinski definition) is 0. The van der Waals surface area contributed by atoms with E-state index < -0.39 is 0 Å². The van der Waals surface area contributed by atoms with Crippen LogP contribution in [0.3, 0.4) is 0 Å². The lowest BCUT2D eigenvalue weighted by Crippen LogP contribution is -2.44. The maximum Gasteiger partial charge on any atom is 0.242 e. The molecule has 0 atom stereocenters. The number of amides is 2. The fraction of sp³-hybridized carbons (Fsp3) is 0.538. The first-order valence-electron chi connectivity index (χ1n) is 11.7. The summed E-state index contributed by atoms with van der Waals surface area (Å²) in [6, 6.07) is 14.8. The van der Waals surface area contributed by atoms with E-state index in [0.717, 1.165) is 37.9 Å². The highest BCUT2D eigenvalue weighted by Gasteiger charge is 2.34. The number of hydrogen-bond acceptors (Lipinski definition) is 2. The number of carbonyl (C=O) groups excluding carboxylic acids is 2. The van der Waals surface area contributed by atoms with E-state index in [-0.39, 0.29) is 18.4 Å². The lowest BCUT2D eigenvalue weighted by Gasteiger charge is -2.28. The molecule has 168 valence electrons. The van der Waals surface area contributed by atoms with Crippen LogP contribution >= 0.6 is 0 Å². The first kappa shape index (κ1) is 23.1. The maximum atomic E-state index is 13.3. The summed E-state index contributed by atoms with van der Waals surface area (Å²) in [5.41, 5.74) is 2.38. The third-order valence-corrected chi connectivity index (χ3v) is 5.80. The summed E-state index contributed by atoms with van der Waals surface area (Å²) in [5.74, 6) is 0.468. The van der Waals surface area contributed by atoms with Gasteiger partial charge in [0, 0.05) is 37.4 Å². The average Bonchev–Trinajstić information content (AvgIpc) is 3.49. The van der Waals surface area contributed by atoms with E-state index in [4.69, 9.17) is 0 Å². The van der Waals surface area contributed by atoms with Crippen molar-refractivity contribution in [2.24, 2.45) is 5.92 Å². The fourth-order valence-corrected chi connectivity index (χ4v) is 3.88. The molecule has 1 aromatic carbocycles. The largest absolute Gasteiger partial charge is 0.345 e. The summed E-state index contributed by atoms with van der Waals surface area (Å²) in [4.78, 5) is 29.8. The van der Waals surface area contributed by atoms with Crippen molar-refractivity contribution in [3.05, 3.63) is 59.9 Å². The Balaban J connectivity index is 1.68. The van der Waals surface area contributed by atoms with Crippen molar-refractivity contribution in [2.45, 2.75) is 72.0 Å². The van der Waals surface area contributed by atoms with Gasteiger partial charge in [-0.15, -0.1) is 0 Å². The minimum Gasteiger partial charge on any atom is -0.345 e. The monoisotopic (exact) mass is 423 g/mol. The number of rotatable bonds is 12. The fourth-order valence-electron chi connectivity index (χ4n) is 3.88. The second-order valence-electron chi connectivity index (χ2n) is 9.13. The topological polar surface area (TPSA) is 45.6 Å². The van der Waals surface area contributed by atoms with Gasteiger partial charge in [-0.2, -0.15) is 0 Å². The van der Waals surface area contributed by atoms with Gasteiger partial charge in [0.25, 0.3) is 0 Å². The number of nitrogens with zero attached hydrogens (tertiary/aromatic N) is 3. The molecule has 0 radical (unpaired) electrons. The van der Waals surface area contributed by atoms with Gasteiger partial charge in [-0.3, -0.25) is 9.59 Å². The van der Waals surface area contributed by atoms with E-state index in [1.807, 2.05) is 17.0 Å². The highest BCUT2D eigenvalue weighted by atomic mass is 16.2. The van der Waals surface area contributed by atoms with Crippen LogP contribution in [0.5, 0.6) is 0 Å². The third kappa shape index (κ3) is 6.98. The Morgan fingerprint density at radius 1 is 1.06 bits per heavy atom. The number of aromatic nitrogens is 1. The molecule has 0 bridgehead atoms. The molecule has 1 aliphatic carbocycles. The second kappa shape index (κ2) is 11.2. The summed E-state index contributed by atoms with van der Waals surface area (Å²) in [7, 11) is 0. The van der Waals surface area contributed by atoms with Crippen LogP contribution in [0, 0.1) is 5.92 Å².